The minimum atomic E-state index is -0.225. The molecule has 4 aromatic rings. The SMILES string of the molecule is Cc1nc(N2CC3CC2C3)ccc1Cn1cc(C(=O)NCc2cc(Cl)ccc2-n2cnnn2)cn1. The molecule has 2 aliphatic heterocycles. The highest BCUT2D eigenvalue weighted by Gasteiger charge is 2.43. The molecule has 0 atom stereocenters. The first kappa shape index (κ1) is 21.7. The zero-order valence-electron chi connectivity index (χ0n) is 19.2. The first-order valence-electron chi connectivity index (χ1n) is 11.6. The van der Waals surface area contributed by atoms with Gasteiger partial charge in [-0.25, -0.2) is 9.67 Å². The van der Waals surface area contributed by atoms with Gasteiger partial charge in [0.25, 0.3) is 5.91 Å². The number of halogens is 1. The molecule has 178 valence electrons. The topological polar surface area (TPSA) is 107 Å². The minimum absolute atomic E-state index is 0.225. The third-order valence-corrected chi connectivity index (χ3v) is 7.12. The van der Waals surface area contributed by atoms with Crippen LogP contribution in [-0.4, -0.2) is 53.5 Å². The number of nitrogens with zero attached hydrogens (tertiary/aromatic N) is 8. The van der Waals surface area contributed by atoms with Gasteiger partial charge >= 0.3 is 0 Å². The number of nitrogens with one attached hydrogen (secondary N) is 1. The van der Waals surface area contributed by atoms with Crippen LogP contribution >= 0.6 is 11.6 Å². The number of hydrogen-bond acceptors (Lipinski definition) is 7. The number of tetrazole rings is 1. The van der Waals surface area contributed by atoms with E-state index in [1.165, 1.54) is 23.9 Å². The van der Waals surface area contributed by atoms with Crippen molar-refractivity contribution < 1.29 is 4.79 Å². The smallest absolute Gasteiger partial charge is 0.254 e. The molecule has 0 spiro atoms. The largest absolute Gasteiger partial charge is 0.353 e. The van der Waals surface area contributed by atoms with Gasteiger partial charge in [-0.05, 0) is 71.5 Å². The van der Waals surface area contributed by atoms with E-state index >= 15 is 0 Å². The van der Waals surface area contributed by atoms with Crippen LogP contribution in [0.4, 0.5) is 5.82 Å². The van der Waals surface area contributed by atoms with Crippen molar-refractivity contribution in [1.29, 1.82) is 0 Å². The molecule has 1 N–H and O–H groups in total. The average Bonchev–Trinajstić information content (AvgIpc) is 3.63. The molecule has 3 aliphatic rings. The van der Waals surface area contributed by atoms with Crippen molar-refractivity contribution in [3.63, 3.8) is 0 Å². The van der Waals surface area contributed by atoms with Crippen molar-refractivity contribution in [2.24, 2.45) is 5.92 Å². The first-order valence-corrected chi connectivity index (χ1v) is 12.0. The summed E-state index contributed by atoms with van der Waals surface area (Å²) >= 11 is 6.16. The lowest BCUT2D eigenvalue weighted by Crippen LogP contribution is -2.29. The molecule has 35 heavy (non-hydrogen) atoms. The van der Waals surface area contributed by atoms with Crippen molar-refractivity contribution >= 4 is 23.3 Å². The van der Waals surface area contributed by atoms with Crippen molar-refractivity contribution in [3.8, 4) is 5.69 Å². The number of carbonyl (C=O) groups is 1. The summed E-state index contributed by atoms with van der Waals surface area (Å²) in [5, 5.41) is 19.1. The highest BCUT2D eigenvalue weighted by molar-refractivity contribution is 6.30. The number of rotatable bonds is 7. The van der Waals surface area contributed by atoms with Crippen LogP contribution in [0.1, 0.15) is 40.0 Å². The molecule has 1 saturated carbocycles. The Labute approximate surface area is 206 Å². The van der Waals surface area contributed by atoms with E-state index < -0.39 is 0 Å². The van der Waals surface area contributed by atoms with Crippen molar-refractivity contribution in [3.05, 3.63) is 76.5 Å². The first-order chi connectivity index (χ1) is 17.0. The number of aromatic nitrogens is 7. The summed E-state index contributed by atoms with van der Waals surface area (Å²) in [6, 6.07) is 10.2. The molecule has 7 rings (SSSR count). The summed E-state index contributed by atoms with van der Waals surface area (Å²) in [7, 11) is 0. The molecule has 3 fully saturated rings. The van der Waals surface area contributed by atoms with Crippen molar-refractivity contribution in [2.45, 2.75) is 38.9 Å². The van der Waals surface area contributed by atoms with Crippen LogP contribution in [0.2, 0.25) is 5.02 Å². The Morgan fingerprint density at radius 1 is 1.20 bits per heavy atom. The molecule has 1 aromatic carbocycles. The van der Waals surface area contributed by atoms with Crippen LogP contribution in [0.5, 0.6) is 0 Å². The summed E-state index contributed by atoms with van der Waals surface area (Å²) in [6.45, 7) is 3.98. The molecular formula is C24H24ClN9O. The average molecular weight is 490 g/mol. The van der Waals surface area contributed by atoms with Gasteiger partial charge in [0, 0.05) is 36.0 Å². The molecule has 2 bridgehead atoms. The van der Waals surface area contributed by atoms with Gasteiger partial charge in [-0.3, -0.25) is 9.48 Å². The van der Waals surface area contributed by atoms with E-state index in [9.17, 15) is 4.79 Å². The predicted octanol–water partition coefficient (Wildman–Crippen LogP) is 2.79. The summed E-state index contributed by atoms with van der Waals surface area (Å²) in [5.41, 5.74) is 4.09. The van der Waals surface area contributed by atoms with Crippen LogP contribution in [-0.2, 0) is 13.1 Å². The Balaban J connectivity index is 1.11. The van der Waals surface area contributed by atoms with Crippen LogP contribution in [0, 0.1) is 12.8 Å². The standard InChI is InChI=1S/C24H24ClN9O/c1-15-17(2-5-23(29-15)33-11-16-6-21(33)7-16)12-32-13-19(10-28-32)24(35)26-9-18-8-20(25)3-4-22(18)34-14-27-30-31-34/h2-5,8,10,13-14,16,21H,6-7,9,11-12H2,1H3,(H,26,35). The van der Waals surface area contributed by atoms with Crippen LogP contribution in [0.25, 0.3) is 5.69 Å². The Morgan fingerprint density at radius 3 is 2.83 bits per heavy atom. The molecule has 1 amide bonds. The molecular weight excluding hydrogens is 466 g/mol. The van der Waals surface area contributed by atoms with Gasteiger partial charge in [-0.1, -0.05) is 17.7 Å². The van der Waals surface area contributed by atoms with Gasteiger partial charge in [0.1, 0.15) is 12.1 Å². The normalized spacial score (nSPS) is 18.5. The van der Waals surface area contributed by atoms with E-state index in [-0.39, 0.29) is 12.5 Å². The second-order valence-corrected chi connectivity index (χ2v) is 9.63. The van der Waals surface area contributed by atoms with Crippen molar-refractivity contribution in [1.82, 2.24) is 40.3 Å². The maximum absolute atomic E-state index is 12.8. The highest BCUT2D eigenvalue weighted by atomic mass is 35.5. The van der Waals surface area contributed by atoms with E-state index in [1.807, 2.05) is 13.0 Å². The zero-order valence-corrected chi connectivity index (χ0v) is 19.9. The van der Waals surface area contributed by atoms with Gasteiger partial charge in [0.2, 0.25) is 0 Å². The number of anilines is 1. The predicted molar refractivity (Wildman–Crippen MR) is 129 cm³/mol. The highest BCUT2D eigenvalue weighted by Crippen LogP contribution is 2.42. The van der Waals surface area contributed by atoms with Gasteiger partial charge in [-0.15, -0.1) is 5.10 Å². The second-order valence-electron chi connectivity index (χ2n) is 9.19. The van der Waals surface area contributed by atoms with E-state index in [0.29, 0.717) is 23.2 Å². The lowest BCUT2D eigenvalue weighted by molar-refractivity contribution is 0.0951. The number of pyridine rings is 1. The van der Waals surface area contributed by atoms with Crippen molar-refractivity contribution in [2.75, 3.05) is 11.4 Å². The fraction of sp³-hybridized carbons (Fsp3) is 0.333. The molecule has 2 saturated heterocycles. The zero-order chi connectivity index (χ0) is 23.9. The Kier molecular flexibility index (Phi) is 5.44. The van der Waals surface area contributed by atoms with E-state index in [1.54, 1.807) is 29.2 Å². The number of fused-ring (bicyclic) bond motifs is 1. The molecule has 0 radical (unpaired) electrons. The van der Waals surface area contributed by atoms with E-state index in [0.717, 1.165) is 40.8 Å². The molecule has 10 nitrogen and oxygen atoms in total. The van der Waals surface area contributed by atoms with E-state index in [4.69, 9.17) is 16.6 Å². The number of aryl methyl sites for hydroxylation is 1. The summed E-state index contributed by atoms with van der Waals surface area (Å²) in [4.78, 5) is 20.1. The molecule has 0 unspecified atom stereocenters. The molecule has 11 heteroatoms. The number of carbonyl (C=O) groups excluding carboxylic acids is 1. The van der Waals surface area contributed by atoms with Crippen LogP contribution in [0.15, 0.2) is 49.1 Å². The van der Waals surface area contributed by atoms with E-state index in [2.05, 4.69) is 43.0 Å². The van der Waals surface area contributed by atoms with Gasteiger partial charge < -0.3 is 10.2 Å². The maximum atomic E-state index is 12.8. The summed E-state index contributed by atoms with van der Waals surface area (Å²) in [6.07, 6.45) is 7.42. The fourth-order valence-electron chi connectivity index (χ4n) is 4.93. The Morgan fingerprint density at radius 2 is 2.09 bits per heavy atom. The quantitative estimate of drug-likeness (QED) is 0.425. The van der Waals surface area contributed by atoms with Gasteiger partial charge in [-0.2, -0.15) is 5.10 Å². The lowest BCUT2D eigenvalue weighted by atomic mass is 9.86. The van der Waals surface area contributed by atoms with Crippen LogP contribution < -0.4 is 10.2 Å². The second kappa shape index (κ2) is 8.77. The monoisotopic (exact) mass is 489 g/mol. The Hall–Kier alpha value is -3.79. The third kappa shape index (κ3) is 4.25. The molecule has 5 heterocycles. The number of hydrogen-bond donors (Lipinski definition) is 1. The number of amides is 1. The third-order valence-electron chi connectivity index (χ3n) is 6.89. The van der Waals surface area contributed by atoms with Gasteiger partial charge in [0.05, 0.1) is 24.0 Å². The summed E-state index contributed by atoms with van der Waals surface area (Å²) in [5.74, 6) is 1.69. The van der Waals surface area contributed by atoms with Gasteiger partial charge in [0.15, 0.2) is 0 Å². The molecule has 1 aliphatic carbocycles. The lowest BCUT2D eigenvalue weighted by Gasteiger charge is -2.26. The maximum Gasteiger partial charge on any atom is 0.254 e. The minimum Gasteiger partial charge on any atom is -0.353 e. The molecule has 3 aromatic heterocycles. The summed E-state index contributed by atoms with van der Waals surface area (Å²) < 4.78 is 3.29. The fourth-order valence-corrected chi connectivity index (χ4v) is 5.12. The van der Waals surface area contributed by atoms with Crippen LogP contribution in [0.3, 0.4) is 0 Å². The Bertz CT molecular complexity index is 1380. The number of benzene rings is 1.